The highest BCUT2D eigenvalue weighted by Gasteiger charge is 2.18. The fourth-order valence-corrected chi connectivity index (χ4v) is 2.64. The quantitative estimate of drug-likeness (QED) is 0.511. The Kier molecular flexibility index (Phi) is 4.99. The lowest BCUT2D eigenvalue weighted by Gasteiger charge is -2.08. The van der Waals surface area contributed by atoms with Crippen molar-refractivity contribution in [2.24, 2.45) is 7.05 Å². The van der Waals surface area contributed by atoms with Crippen LogP contribution in [0.5, 0.6) is 0 Å². The number of rotatable bonds is 5. The largest absolute Gasteiger partial charge is 0.320 e. The van der Waals surface area contributed by atoms with Crippen LogP contribution < -0.4 is 5.32 Å². The summed E-state index contributed by atoms with van der Waals surface area (Å²) in [6, 6.07) is 3.08. The molecule has 23 heavy (non-hydrogen) atoms. The molecule has 0 bridgehead atoms. The number of amides is 1. The van der Waals surface area contributed by atoms with Gasteiger partial charge in [0.2, 0.25) is 5.91 Å². The van der Waals surface area contributed by atoms with E-state index >= 15 is 0 Å². The van der Waals surface area contributed by atoms with Gasteiger partial charge < -0.3 is 9.88 Å². The smallest absolute Gasteiger partial charge is 0.293 e. The number of nitrogens with one attached hydrogen (secondary N) is 1. The molecule has 1 heterocycles. The molecule has 8 nitrogen and oxygen atoms in total. The molecule has 9 heteroatoms. The molecule has 0 radical (unpaired) electrons. The number of carbonyl (C=O) groups is 1. The molecule has 0 spiro atoms. The van der Waals surface area contributed by atoms with E-state index in [1.807, 2.05) is 20.9 Å². The van der Waals surface area contributed by atoms with Crippen LogP contribution in [0.1, 0.15) is 17.0 Å². The molecule has 1 amide bonds. The molecule has 2 aromatic rings. The van der Waals surface area contributed by atoms with E-state index in [0.717, 1.165) is 17.0 Å². The molecule has 0 aliphatic rings. The Morgan fingerprint density at radius 2 is 1.96 bits per heavy atom. The van der Waals surface area contributed by atoms with Crippen molar-refractivity contribution in [3.63, 3.8) is 0 Å². The van der Waals surface area contributed by atoms with Gasteiger partial charge in [0.1, 0.15) is 11.5 Å². The van der Waals surface area contributed by atoms with E-state index in [1.165, 1.54) is 17.8 Å². The molecule has 0 aliphatic carbocycles. The number of anilines is 1. The SMILES string of the molecule is Cc1cc(NC(=O)CSc2nnc(C)n2C)c([N+](=O)[O-])cc1C. The van der Waals surface area contributed by atoms with Crippen molar-refractivity contribution in [3.05, 3.63) is 39.2 Å². The number of aryl methyl sites for hydroxylation is 3. The van der Waals surface area contributed by atoms with E-state index in [-0.39, 0.29) is 23.0 Å². The summed E-state index contributed by atoms with van der Waals surface area (Å²) in [5, 5.41) is 22.2. The van der Waals surface area contributed by atoms with Gasteiger partial charge in [-0.1, -0.05) is 11.8 Å². The van der Waals surface area contributed by atoms with Gasteiger partial charge in [-0.2, -0.15) is 0 Å². The summed E-state index contributed by atoms with van der Waals surface area (Å²) in [7, 11) is 1.81. The molecule has 0 atom stereocenters. The summed E-state index contributed by atoms with van der Waals surface area (Å²) in [5.41, 5.74) is 1.78. The van der Waals surface area contributed by atoms with Gasteiger partial charge in [0.25, 0.3) is 5.69 Å². The van der Waals surface area contributed by atoms with Crippen LogP contribution in [0.25, 0.3) is 0 Å². The predicted octanol–water partition coefficient (Wildman–Crippen LogP) is 2.38. The van der Waals surface area contributed by atoms with Gasteiger partial charge in [-0.15, -0.1) is 10.2 Å². The molecular formula is C14H17N5O3S. The second-order valence-electron chi connectivity index (χ2n) is 5.14. The summed E-state index contributed by atoms with van der Waals surface area (Å²) >= 11 is 1.22. The summed E-state index contributed by atoms with van der Waals surface area (Å²) in [5.74, 6) is 0.510. The summed E-state index contributed by atoms with van der Waals surface area (Å²) in [6.45, 7) is 5.45. The van der Waals surface area contributed by atoms with Crippen LogP contribution in [-0.4, -0.2) is 31.3 Å². The normalized spacial score (nSPS) is 10.6. The van der Waals surface area contributed by atoms with Crippen molar-refractivity contribution in [1.82, 2.24) is 14.8 Å². The van der Waals surface area contributed by atoms with Crippen LogP contribution in [0.3, 0.4) is 0 Å². The Bertz CT molecular complexity index is 772. The number of aromatic nitrogens is 3. The number of thioether (sulfide) groups is 1. The molecule has 0 fully saturated rings. The number of nitro groups is 1. The molecule has 1 N–H and O–H groups in total. The van der Waals surface area contributed by atoms with Crippen molar-refractivity contribution < 1.29 is 9.72 Å². The third-order valence-corrected chi connectivity index (χ3v) is 4.49. The number of benzene rings is 1. The first-order valence-electron chi connectivity index (χ1n) is 6.84. The Hall–Kier alpha value is -2.42. The third kappa shape index (κ3) is 3.86. The van der Waals surface area contributed by atoms with Gasteiger partial charge in [-0.05, 0) is 38.0 Å². The lowest BCUT2D eigenvalue weighted by atomic mass is 10.1. The average Bonchev–Trinajstić information content (AvgIpc) is 2.80. The van der Waals surface area contributed by atoms with Crippen molar-refractivity contribution >= 4 is 29.0 Å². The van der Waals surface area contributed by atoms with Gasteiger partial charge in [-0.25, -0.2) is 0 Å². The fraction of sp³-hybridized carbons (Fsp3) is 0.357. The first kappa shape index (κ1) is 16.9. The molecule has 0 unspecified atom stereocenters. The van der Waals surface area contributed by atoms with Gasteiger partial charge in [0, 0.05) is 13.1 Å². The molecular weight excluding hydrogens is 318 g/mol. The zero-order valence-electron chi connectivity index (χ0n) is 13.3. The van der Waals surface area contributed by atoms with Crippen molar-refractivity contribution in [1.29, 1.82) is 0 Å². The Morgan fingerprint density at radius 3 is 2.52 bits per heavy atom. The summed E-state index contributed by atoms with van der Waals surface area (Å²) < 4.78 is 1.77. The number of hydrogen-bond donors (Lipinski definition) is 1. The van der Waals surface area contributed by atoms with E-state index in [2.05, 4.69) is 15.5 Å². The predicted molar refractivity (Wildman–Crippen MR) is 87.7 cm³/mol. The van der Waals surface area contributed by atoms with Crippen molar-refractivity contribution in [3.8, 4) is 0 Å². The second kappa shape index (κ2) is 6.78. The highest BCUT2D eigenvalue weighted by Crippen LogP contribution is 2.28. The molecule has 122 valence electrons. The number of nitrogens with zero attached hydrogens (tertiary/aromatic N) is 4. The maximum atomic E-state index is 12.1. The maximum absolute atomic E-state index is 12.1. The van der Waals surface area contributed by atoms with Crippen LogP contribution in [-0.2, 0) is 11.8 Å². The van der Waals surface area contributed by atoms with Crippen LogP contribution in [0.2, 0.25) is 0 Å². The highest BCUT2D eigenvalue weighted by atomic mass is 32.2. The minimum Gasteiger partial charge on any atom is -0.320 e. The van der Waals surface area contributed by atoms with E-state index in [1.54, 1.807) is 17.6 Å². The third-order valence-electron chi connectivity index (χ3n) is 3.47. The number of nitro benzene ring substituents is 1. The standard InChI is InChI=1S/C14H17N5O3S/c1-8-5-11(12(19(21)22)6-9(8)2)15-13(20)7-23-14-17-16-10(3)18(14)4/h5-6H,7H2,1-4H3,(H,15,20). The molecule has 0 saturated heterocycles. The molecule has 1 aromatic heterocycles. The minimum absolute atomic E-state index is 0.0933. The lowest BCUT2D eigenvalue weighted by molar-refractivity contribution is -0.384. The van der Waals surface area contributed by atoms with Gasteiger partial charge in [-0.3, -0.25) is 14.9 Å². The maximum Gasteiger partial charge on any atom is 0.293 e. The van der Waals surface area contributed by atoms with E-state index in [9.17, 15) is 14.9 Å². The van der Waals surface area contributed by atoms with Crippen molar-refractivity contribution in [2.75, 3.05) is 11.1 Å². The van der Waals surface area contributed by atoms with Gasteiger partial charge >= 0.3 is 0 Å². The van der Waals surface area contributed by atoms with E-state index < -0.39 is 4.92 Å². The first-order chi connectivity index (χ1) is 10.8. The lowest BCUT2D eigenvalue weighted by Crippen LogP contribution is -2.16. The minimum atomic E-state index is -0.499. The van der Waals surface area contributed by atoms with E-state index in [0.29, 0.717) is 5.16 Å². The molecule has 0 aliphatic heterocycles. The number of carbonyl (C=O) groups excluding carboxylic acids is 1. The Morgan fingerprint density at radius 1 is 1.30 bits per heavy atom. The summed E-state index contributed by atoms with van der Waals surface area (Å²) in [4.78, 5) is 22.7. The number of hydrogen-bond acceptors (Lipinski definition) is 6. The monoisotopic (exact) mass is 335 g/mol. The first-order valence-corrected chi connectivity index (χ1v) is 7.82. The van der Waals surface area contributed by atoms with Crippen LogP contribution in [0.15, 0.2) is 17.3 Å². The summed E-state index contributed by atoms with van der Waals surface area (Å²) in [6.07, 6.45) is 0. The van der Waals surface area contributed by atoms with Crippen molar-refractivity contribution in [2.45, 2.75) is 25.9 Å². The van der Waals surface area contributed by atoms with Crippen LogP contribution >= 0.6 is 11.8 Å². The second-order valence-corrected chi connectivity index (χ2v) is 6.08. The molecule has 1 aromatic carbocycles. The van der Waals surface area contributed by atoms with E-state index in [4.69, 9.17) is 0 Å². The van der Waals surface area contributed by atoms with Crippen LogP contribution in [0.4, 0.5) is 11.4 Å². The Balaban J connectivity index is 2.09. The average molecular weight is 335 g/mol. The fourth-order valence-electron chi connectivity index (χ4n) is 1.88. The topological polar surface area (TPSA) is 103 Å². The highest BCUT2D eigenvalue weighted by molar-refractivity contribution is 7.99. The van der Waals surface area contributed by atoms with Gasteiger partial charge in [0.15, 0.2) is 5.16 Å². The zero-order valence-corrected chi connectivity index (χ0v) is 14.1. The Labute approximate surface area is 137 Å². The molecule has 2 rings (SSSR count). The molecule has 0 saturated carbocycles. The zero-order chi connectivity index (χ0) is 17.1. The van der Waals surface area contributed by atoms with Crippen LogP contribution in [0, 0.1) is 30.9 Å². The van der Waals surface area contributed by atoms with Gasteiger partial charge in [0.05, 0.1) is 10.7 Å².